The Morgan fingerprint density at radius 3 is 2.46 bits per heavy atom. The molecule has 5 nitrogen and oxygen atoms in total. The molecule has 0 radical (unpaired) electrons. The fourth-order valence-electron chi connectivity index (χ4n) is 2.31. The normalized spacial score (nSPS) is 10.1. The standard InChI is InChI=1S/C19H23N3O2/c1-14-6-4-7-15(12-14)10-11-18(23)20-21-19(24)16-8-5-9-17(13-16)22(2)3/h4-9,12-13H,10-11H2,1-3H3,(H,20,23)(H,21,24). The first kappa shape index (κ1) is 17.5. The van der Waals surface area contributed by atoms with E-state index in [1.54, 1.807) is 12.1 Å². The first-order chi connectivity index (χ1) is 11.5. The van der Waals surface area contributed by atoms with Gasteiger partial charge >= 0.3 is 0 Å². The van der Waals surface area contributed by atoms with Gasteiger partial charge in [0.2, 0.25) is 5.91 Å². The van der Waals surface area contributed by atoms with Gasteiger partial charge in [0.15, 0.2) is 0 Å². The van der Waals surface area contributed by atoms with E-state index in [0.29, 0.717) is 18.4 Å². The van der Waals surface area contributed by atoms with Gasteiger partial charge in [-0.25, -0.2) is 0 Å². The van der Waals surface area contributed by atoms with Crippen LogP contribution in [0.3, 0.4) is 0 Å². The third kappa shape index (κ3) is 5.12. The Hall–Kier alpha value is -2.82. The molecule has 2 amide bonds. The van der Waals surface area contributed by atoms with E-state index in [9.17, 15) is 9.59 Å². The van der Waals surface area contributed by atoms with E-state index in [4.69, 9.17) is 0 Å². The number of nitrogens with zero attached hydrogens (tertiary/aromatic N) is 1. The van der Waals surface area contributed by atoms with E-state index in [0.717, 1.165) is 11.3 Å². The van der Waals surface area contributed by atoms with E-state index in [-0.39, 0.29) is 11.8 Å². The molecule has 0 atom stereocenters. The number of rotatable bonds is 5. The number of hydrazine groups is 1. The maximum absolute atomic E-state index is 12.1. The SMILES string of the molecule is Cc1cccc(CCC(=O)NNC(=O)c2cccc(N(C)C)c2)c1. The number of amides is 2. The molecule has 24 heavy (non-hydrogen) atoms. The number of hydrogen-bond acceptors (Lipinski definition) is 3. The maximum atomic E-state index is 12.1. The summed E-state index contributed by atoms with van der Waals surface area (Å²) in [5.74, 6) is -0.545. The van der Waals surface area contributed by atoms with Gasteiger partial charge in [0.1, 0.15) is 0 Å². The smallest absolute Gasteiger partial charge is 0.269 e. The summed E-state index contributed by atoms with van der Waals surface area (Å²) in [5, 5.41) is 0. The van der Waals surface area contributed by atoms with Crippen LogP contribution in [-0.2, 0) is 11.2 Å². The number of anilines is 1. The fraction of sp³-hybridized carbons (Fsp3) is 0.263. The highest BCUT2D eigenvalue weighted by Crippen LogP contribution is 2.13. The van der Waals surface area contributed by atoms with Crippen molar-refractivity contribution in [2.45, 2.75) is 19.8 Å². The minimum absolute atomic E-state index is 0.214. The van der Waals surface area contributed by atoms with Crippen molar-refractivity contribution in [3.8, 4) is 0 Å². The average molecular weight is 325 g/mol. The van der Waals surface area contributed by atoms with Crippen LogP contribution in [0.2, 0.25) is 0 Å². The molecule has 0 saturated carbocycles. The number of carbonyl (C=O) groups excluding carboxylic acids is 2. The highest BCUT2D eigenvalue weighted by molar-refractivity contribution is 5.96. The van der Waals surface area contributed by atoms with Crippen molar-refractivity contribution < 1.29 is 9.59 Å². The van der Waals surface area contributed by atoms with E-state index >= 15 is 0 Å². The molecular formula is C19H23N3O2. The predicted molar refractivity (Wildman–Crippen MR) is 95.9 cm³/mol. The first-order valence-corrected chi connectivity index (χ1v) is 7.88. The quantitative estimate of drug-likeness (QED) is 0.830. The van der Waals surface area contributed by atoms with E-state index in [1.165, 1.54) is 5.56 Å². The van der Waals surface area contributed by atoms with Crippen LogP contribution >= 0.6 is 0 Å². The third-order valence-electron chi connectivity index (χ3n) is 3.66. The number of carbonyl (C=O) groups is 2. The van der Waals surface area contributed by atoms with Crippen LogP contribution in [0.1, 0.15) is 27.9 Å². The lowest BCUT2D eigenvalue weighted by atomic mass is 10.1. The zero-order chi connectivity index (χ0) is 17.5. The van der Waals surface area contributed by atoms with Crippen molar-refractivity contribution in [3.05, 3.63) is 65.2 Å². The molecule has 0 fully saturated rings. The van der Waals surface area contributed by atoms with Gasteiger partial charge in [-0.2, -0.15) is 0 Å². The van der Waals surface area contributed by atoms with Crippen molar-refractivity contribution in [1.82, 2.24) is 10.9 Å². The van der Waals surface area contributed by atoms with E-state index < -0.39 is 0 Å². The fourth-order valence-corrected chi connectivity index (χ4v) is 2.31. The van der Waals surface area contributed by atoms with Crippen molar-refractivity contribution >= 4 is 17.5 Å². The second-order valence-corrected chi connectivity index (χ2v) is 5.94. The Kier molecular flexibility index (Phi) is 5.95. The Morgan fingerprint density at radius 1 is 1.00 bits per heavy atom. The molecule has 2 aromatic carbocycles. The minimum Gasteiger partial charge on any atom is -0.378 e. The summed E-state index contributed by atoms with van der Waals surface area (Å²) < 4.78 is 0. The molecule has 0 bridgehead atoms. The summed E-state index contributed by atoms with van der Waals surface area (Å²) in [4.78, 5) is 25.9. The van der Waals surface area contributed by atoms with Gasteiger partial charge in [-0.1, -0.05) is 35.9 Å². The summed E-state index contributed by atoms with van der Waals surface area (Å²) in [6, 6.07) is 15.2. The van der Waals surface area contributed by atoms with Crippen LogP contribution in [0.4, 0.5) is 5.69 Å². The first-order valence-electron chi connectivity index (χ1n) is 7.88. The van der Waals surface area contributed by atoms with Crippen molar-refractivity contribution in [2.24, 2.45) is 0 Å². The summed E-state index contributed by atoms with van der Waals surface area (Å²) in [7, 11) is 3.81. The summed E-state index contributed by atoms with van der Waals surface area (Å²) in [6.45, 7) is 2.02. The van der Waals surface area contributed by atoms with Crippen LogP contribution in [0, 0.1) is 6.92 Å². The molecule has 0 unspecified atom stereocenters. The molecule has 0 heterocycles. The van der Waals surface area contributed by atoms with Crippen LogP contribution in [0.25, 0.3) is 0 Å². The van der Waals surface area contributed by atoms with Gasteiger partial charge in [0, 0.05) is 31.8 Å². The average Bonchev–Trinajstić information content (AvgIpc) is 2.58. The summed E-state index contributed by atoms with van der Waals surface area (Å²) >= 11 is 0. The van der Waals surface area contributed by atoms with Crippen LogP contribution < -0.4 is 15.8 Å². The Bertz CT molecular complexity index is 726. The molecule has 0 aliphatic heterocycles. The molecule has 0 aliphatic rings. The predicted octanol–water partition coefficient (Wildman–Crippen LogP) is 2.45. The lowest BCUT2D eigenvalue weighted by Gasteiger charge is -2.13. The van der Waals surface area contributed by atoms with Crippen LogP contribution in [0.5, 0.6) is 0 Å². The summed E-state index contributed by atoms with van der Waals surface area (Å²) in [6.07, 6.45) is 0.959. The van der Waals surface area contributed by atoms with Crippen molar-refractivity contribution in [1.29, 1.82) is 0 Å². The molecule has 0 spiro atoms. The van der Waals surface area contributed by atoms with Gasteiger partial charge in [-0.05, 0) is 37.1 Å². The summed E-state index contributed by atoms with van der Waals surface area (Å²) in [5.41, 5.74) is 8.62. The highest BCUT2D eigenvalue weighted by atomic mass is 16.2. The number of aryl methyl sites for hydroxylation is 2. The zero-order valence-electron chi connectivity index (χ0n) is 14.3. The van der Waals surface area contributed by atoms with Gasteiger partial charge in [-0.3, -0.25) is 20.4 Å². The second kappa shape index (κ2) is 8.15. The lowest BCUT2D eigenvalue weighted by Crippen LogP contribution is -2.41. The molecule has 0 aliphatic carbocycles. The van der Waals surface area contributed by atoms with Crippen LogP contribution in [-0.4, -0.2) is 25.9 Å². The largest absolute Gasteiger partial charge is 0.378 e. The van der Waals surface area contributed by atoms with Crippen LogP contribution in [0.15, 0.2) is 48.5 Å². The van der Waals surface area contributed by atoms with E-state index in [2.05, 4.69) is 16.9 Å². The van der Waals surface area contributed by atoms with Gasteiger partial charge < -0.3 is 4.90 Å². The third-order valence-corrected chi connectivity index (χ3v) is 3.66. The highest BCUT2D eigenvalue weighted by Gasteiger charge is 2.09. The molecule has 0 aromatic heterocycles. The number of nitrogens with one attached hydrogen (secondary N) is 2. The molecule has 2 N–H and O–H groups in total. The van der Waals surface area contributed by atoms with E-state index in [1.807, 2.05) is 56.3 Å². The van der Waals surface area contributed by atoms with Gasteiger partial charge in [0.05, 0.1) is 0 Å². The topological polar surface area (TPSA) is 61.4 Å². The molecule has 2 aromatic rings. The zero-order valence-corrected chi connectivity index (χ0v) is 14.3. The Morgan fingerprint density at radius 2 is 1.75 bits per heavy atom. The monoisotopic (exact) mass is 325 g/mol. The van der Waals surface area contributed by atoms with Crippen molar-refractivity contribution in [3.63, 3.8) is 0 Å². The molecule has 2 rings (SSSR count). The number of hydrogen-bond donors (Lipinski definition) is 2. The number of benzene rings is 2. The minimum atomic E-state index is -0.331. The van der Waals surface area contributed by atoms with Crippen molar-refractivity contribution in [2.75, 3.05) is 19.0 Å². The maximum Gasteiger partial charge on any atom is 0.269 e. The lowest BCUT2D eigenvalue weighted by molar-refractivity contribution is -0.121. The second-order valence-electron chi connectivity index (χ2n) is 5.94. The Balaban J connectivity index is 1.83. The van der Waals surface area contributed by atoms with Gasteiger partial charge in [0.25, 0.3) is 5.91 Å². The molecular weight excluding hydrogens is 302 g/mol. The Labute approximate surface area is 142 Å². The molecule has 5 heteroatoms. The molecule has 0 saturated heterocycles. The van der Waals surface area contributed by atoms with Gasteiger partial charge in [-0.15, -0.1) is 0 Å². The molecule has 126 valence electrons.